The number of ether oxygens (including phenoxy) is 1. The highest BCUT2D eigenvalue weighted by molar-refractivity contribution is 6.31. The molecule has 0 unspecified atom stereocenters. The Kier molecular flexibility index (Phi) is 9.26. The molecule has 6 N–H and O–H groups in total. The molecule has 3 heterocycles. The van der Waals surface area contributed by atoms with E-state index in [9.17, 15) is 4.79 Å². The lowest BCUT2D eigenvalue weighted by Crippen LogP contribution is -2.44. The van der Waals surface area contributed by atoms with Crippen LogP contribution in [0.2, 0.25) is 5.02 Å². The lowest BCUT2D eigenvalue weighted by molar-refractivity contribution is 0.0580. The molecule has 45 heavy (non-hydrogen) atoms. The van der Waals surface area contributed by atoms with Gasteiger partial charge in [-0.1, -0.05) is 23.7 Å². The highest BCUT2D eigenvalue weighted by Gasteiger charge is 2.41. The van der Waals surface area contributed by atoms with Gasteiger partial charge in [-0.15, -0.1) is 0 Å². The Morgan fingerprint density at radius 3 is 2.69 bits per heavy atom. The highest BCUT2D eigenvalue weighted by Crippen LogP contribution is 2.43. The zero-order chi connectivity index (χ0) is 31.7. The van der Waals surface area contributed by atoms with Crippen molar-refractivity contribution in [3.63, 3.8) is 0 Å². The lowest BCUT2D eigenvalue weighted by Gasteiger charge is -2.43. The van der Waals surface area contributed by atoms with Gasteiger partial charge >= 0.3 is 5.69 Å². The number of nitrogens with one attached hydrogen (secondary N) is 2. The van der Waals surface area contributed by atoms with E-state index in [4.69, 9.17) is 33.2 Å². The van der Waals surface area contributed by atoms with Crippen LogP contribution in [0.3, 0.4) is 0 Å². The van der Waals surface area contributed by atoms with Gasteiger partial charge in [-0.3, -0.25) is 14.9 Å². The Bertz CT molecular complexity index is 1730. The molecule has 2 aliphatic rings. The molecule has 2 fully saturated rings. The lowest BCUT2D eigenvalue weighted by atomic mass is 9.89. The number of piperidine rings is 1. The molecule has 1 saturated heterocycles. The van der Waals surface area contributed by atoms with Gasteiger partial charge in [0.1, 0.15) is 5.65 Å². The summed E-state index contributed by atoms with van der Waals surface area (Å²) in [6.45, 7) is 2.42. The van der Waals surface area contributed by atoms with Crippen molar-refractivity contribution in [2.24, 2.45) is 11.5 Å². The zero-order valence-corrected chi connectivity index (χ0v) is 26.3. The van der Waals surface area contributed by atoms with Crippen molar-refractivity contribution in [1.29, 1.82) is 5.41 Å². The molecule has 6 rings (SSSR count). The van der Waals surface area contributed by atoms with Gasteiger partial charge in [0, 0.05) is 41.3 Å². The molecule has 238 valence electrons. The summed E-state index contributed by atoms with van der Waals surface area (Å²) in [7, 11) is 0. The summed E-state index contributed by atoms with van der Waals surface area (Å²) in [4.78, 5) is 23.2. The minimum atomic E-state index is -0.512. The van der Waals surface area contributed by atoms with E-state index in [1.807, 2.05) is 19.1 Å². The van der Waals surface area contributed by atoms with Crippen molar-refractivity contribution in [2.75, 3.05) is 6.61 Å². The summed E-state index contributed by atoms with van der Waals surface area (Å²) in [6, 6.07) is 14.6. The fourth-order valence-electron chi connectivity index (χ4n) is 6.76. The average molecular weight is 634 g/mol. The van der Waals surface area contributed by atoms with Gasteiger partial charge in [0.05, 0.1) is 23.0 Å². The zero-order valence-electron chi connectivity index (χ0n) is 25.6. The largest absolute Gasteiger partial charge is 0.466 e. The molecule has 2 aromatic heterocycles. The number of nitrogens with two attached hydrogens (primary N) is 2. The Morgan fingerprint density at radius 1 is 1.20 bits per heavy atom. The number of likely N-dealkylation sites (tertiary alicyclic amines) is 1. The molecular formula is C34H41ClFN7O2. The fourth-order valence-corrected chi connectivity index (χ4v) is 7.00. The van der Waals surface area contributed by atoms with E-state index < -0.39 is 11.5 Å². The van der Waals surface area contributed by atoms with Crippen LogP contribution < -0.4 is 17.2 Å². The van der Waals surface area contributed by atoms with Gasteiger partial charge in [-0.25, -0.2) is 9.18 Å². The number of H-pyrrole nitrogens is 1. The van der Waals surface area contributed by atoms with Crippen molar-refractivity contribution in [1.82, 2.24) is 19.4 Å². The molecule has 1 aliphatic heterocycles. The normalized spacial score (nSPS) is 19.6. The second-order valence-corrected chi connectivity index (χ2v) is 13.0. The number of hydrogen-bond donors (Lipinski definition) is 4. The van der Waals surface area contributed by atoms with Crippen molar-refractivity contribution >= 4 is 28.7 Å². The van der Waals surface area contributed by atoms with Crippen LogP contribution in [0.25, 0.3) is 28.0 Å². The summed E-state index contributed by atoms with van der Waals surface area (Å²) < 4.78 is 22.0. The highest BCUT2D eigenvalue weighted by atomic mass is 35.5. The van der Waals surface area contributed by atoms with Crippen LogP contribution in [0, 0.1) is 11.2 Å². The first kappa shape index (κ1) is 31.3. The number of hydrogen-bond acceptors (Lipinski definition) is 6. The molecular weight excluding hydrogens is 593 g/mol. The van der Waals surface area contributed by atoms with E-state index in [1.54, 1.807) is 24.4 Å². The van der Waals surface area contributed by atoms with E-state index in [1.165, 1.54) is 23.0 Å². The molecule has 3 atom stereocenters. The second kappa shape index (κ2) is 13.3. The van der Waals surface area contributed by atoms with Crippen LogP contribution >= 0.6 is 11.6 Å². The Balaban J connectivity index is 1.24. The number of rotatable bonds is 11. The van der Waals surface area contributed by atoms with E-state index in [0.717, 1.165) is 50.5 Å². The van der Waals surface area contributed by atoms with Crippen molar-refractivity contribution in [2.45, 2.75) is 88.9 Å². The number of amidine groups is 1. The number of aromatic amines is 1. The van der Waals surface area contributed by atoms with Crippen molar-refractivity contribution in [3.05, 3.63) is 81.1 Å². The predicted molar refractivity (Wildman–Crippen MR) is 176 cm³/mol. The third-order valence-electron chi connectivity index (χ3n) is 9.04. The first-order valence-electron chi connectivity index (χ1n) is 15.9. The van der Waals surface area contributed by atoms with Crippen molar-refractivity contribution < 1.29 is 9.13 Å². The molecule has 0 bridgehead atoms. The number of halogens is 2. The van der Waals surface area contributed by atoms with Crippen LogP contribution in [0.5, 0.6) is 0 Å². The van der Waals surface area contributed by atoms with Crippen LogP contribution in [0.15, 0.2) is 53.5 Å². The van der Waals surface area contributed by atoms with Gasteiger partial charge < -0.3 is 21.2 Å². The molecule has 2 aromatic carbocycles. The summed E-state index contributed by atoms with van der Waals surface area (Å²) in [5.41, 5.74) is 15.0. The molecule has 1 saturated carbocycles. The van der Waals surface area contributed by atoms with Gasteiger partial charge in [-0.2, -0.15) is 4.98 Å². The number of aromatic nitrogens is 3. The van der Waals surface area contributed by atoms with Gasteiger partial charge in [0.2, 0.25) is 0 Å². The van der Waals surface area contributed by atoms with Crippen LogP contribution in [0.4, 0.5) is 4.39 Å². The maximum atomic E-state index is 15.2. The smallest absolute Gasteiger partial charge is 0.354 e. The summed E-state index contributed by atoms with van der Waals surface area (Å²) >= 11 is 6.28. The Morgan fingerprint density at radius 2 is 1.98 bits per heavy atom. The van der Waals surface area contributed by atoms with E-state index in [0.29, 0.717) is 52.7 Å². The molecule has 11 heteroatoms. The number of benzene rings is 2. The minimum Gasteiger partial charge on any atom is -0.466 e. The molecule has 9 nitrogen and oxygen atoms in total. The second-order valence-electron chi connectivity index (χ2n) is 12.6. The predicted octanol–water partition coefficient (Wildman–Crippen LogP) is 6.20. The van der Waals surface area contributed by atoms with E-state index in [2.05, 4.69) is 27.0 Å². The Hall–Kier alpha value is -3.73. The molecule has 1 aliphatic carbocycles. The third-order valence-corrected chi connectivity index (χ3v) is 9.32. The summed E-state index contributed by atoms with van der Waals surface area (Å²) in [5, 5.41) is 8.12. The van der Waals surface area contributed by atoms with Gasteiger partial charge in [0.25, 0.3) is 6.02 Å². The summed E-state index contributed by atoms with van der Waals surface area (Å²) in [6.07, 6.45) is 10.8. The van der Waals surface area contributed by atoms with Crippen molar-refractivity contribution in [3.8, 4) is 16.9 Å². The maximum absolute atomic E-state index is 15.2. The van der Waals surface area contributed by atoms with Gasteiger partial charge in [-0.05, 0) is 106 Å². The quantitative estimate of drug-likeness (QED) is 0.115. The standard InChI is InChI=1S/C34H41ClFN7O2/c1-20(37)4-2-5-21-16-27(31(36)28(35)17-21)29-18-23-19-42(34(44)41-32(23)40-29)24-10-8-22(9-11-24)30-7-3-6-25(14-15-45-33(38)39)43(30)26-12-13-26/h8-11,16-20,25-26,30H,2-7,12-15,37H2,1H3,(H3,38,39)(H,40,41,44)/t20-,25-,30-/m0/s1. The Labute approximate surface area is 267 Å². The number of fused-ring (bicyclic) bond motifs is 1. The maximum Gasteiger partial charge on any atom is 0.354 e. The minimum absolute atomic E-state index is 0.0588. The SMILES string of the molecule is C[C@H](N)CCCc1cc(Cl)c(F)c(-c2cc3cn(-c4ccc([C@@H]5CCC[C@@H](CCOC(=N)N)N5C5CC5)cc4)c(=O)nc3[nH]2)c1. The average Bonchev–Trinajstić information content (AvgIpc) is 3.77. The molecule has 0 radical (unpaired) electrons. The van der Waals surface area contributed by atoms with Crippen LogP contribution in [-0.2, 0) is 11.2 Å². The third kappa shape index (κ3) is 7.08. The molecule has 0 spiro atoms. The fraction of sp³-hybridized carbons (Fsp3) is 0.441. The van der Waals surface area contributed by atoms with E-state index >= 15 is 4.39 Å². The number of nitrogens with zero attached hydrogens (tertiary/aromatic N) is 3. The number of aryl methyl sites for hydroxylation is 1. The van der Waals surface area contributed by atoms with Crippen LogP contribution in [-0.4, -0.2) is 50.2 Å². The van der Waals surface area contributed by atoms with Crippen LogP contribution in [0.1, 0.15) is 75.5 Å². The van der Waals surface area contributed by atoms with E-state index in [-0.39, 0.29) is 17.1 Å². The monoisotopic (exact) mass is 633 g/mol. The molecule has 0 amide bonds. The first-order valence-corrected chi connectivity index (χ1v) is 16.3. The first-order chi connectivity index (χ1) is 21.7. The molecule has 4 aromatic rings. The summed E-state index contributed by atoms with van der Waals surface area (Å²) in [5.74, 6) is -0.512. The topological polar surface area (TPSA) is 139 Å². The van der Waals surface area contributed by atoms with Gasteiger partial charge in [0.15, 0.2) is 5.82 Å².